The Labute approximate surface area is 150 Å². The van der Waals surface area contributed by atoms with Gasteiger partial charge in [-0.1, -0.05) is 53.8 Å². The third kappa shape index (κ3) is 4.03. The molecule has 0 saturated heterocycles. The molecule has 0 bridgehead atoms. The standard InChI is InChI=1S/C19H19N3O2S/c1-12-8-7-11-16(13(12)2)24-14(3)17(23)20-19-22-21-18(25-19)15-9-5-4-6-10-15/h4-11,14H,1-3H3,(H,20,22,23). The summed E-state index contributed by atoms with van der Waals surface area (Å²) < 4.78 is 5.80. The molecule has 0 saturated carbocycles. The van der Waals surface area contributed by atoms with Gasteiger partial charge in [0.25, 0.3) is 5.91 Å². The second-order valence-electron chi connectivity index (χ2n) is 5.73. The van der Waals surface area contributed by atoms with Gasteiger partial charge in [0.2, 0.25) is 5.13 Å². The monoisotopic (exact) mass is 353 g/mol. The Morgan fingerprint density at radius 1 is 1.08 bits per heavy atom. The van der Waals surface area contributed by atoms with E-state index >= 15 is 0 Å². The molecule has 1 unspecified atom stereocenters. The van der Waals surface area contributed by atoms with Crippen molar-refractivity contribution in [3.8, 4) is 16.3 Å². The lowest BCUT2D eigenvalue weighted by atomic mass is 10.1. The van der Waals surface area contributed by atoms with Crippen LogP contribution in [0, 0.1) is 13.8 Å². The number of rotatable bonds is 5. The first-order valence-electron chi connectivity index (χ1n) is 7.97. The number of aromatic nitrogens is 2. The molecule has 5 nitrogen and oxygen atoms in total. The molecule has 1 aromatic heterocycles. The molecule has 2 aromatic carbocycles. The van der Waals surface area contributed by atoms with Crippen molar-refractivity contribution in [2.75, 3.05) is 5.32 Å². The van der Waals surface area contributed by atoms with Crippen molar-refractivity contribution in [3.05, 3.63) is 59.7 Å². The highest BCUT2D eigenvalue weighted by Gasteiger charge is 2.18. The smallest absolute Gasteiger partial charge is 0.266 e. The van der Waals surface area contributed by atoms with Gasteiger partial charge in [0.05, 0.1) is 0 Å². The Bertz CT molecular complexity index is 877. The maximum absolute atomic E-state index is 12.4. The maximum atomic E-state index is 12.4. The average molecular weight is 353 g/mol. The normalized spacial score (nSPS) is 11.8. The van der Waals surface area contributed by atoms with Crippen molar-refractivity contribution in [3.63, 3.8) is 0 Å². The van der Waals surface area contributed by atoms with Crippen molar-refractivity contribution in [1.29, 1.82) is 0 Å². The number of nitrogens with one attached hydrogen (secondary N) is 1. The number of anilines is 1. The summed E-state index contributed by atoms with van der Waals surface area (Å²) in [5.41, 5.74) is 3.13. The fraction of sp³-hybridized carbons (Fsp3) is 0.211. The van der Waals surface area contributed by atoms with E-state index < -0.39 is 6.10 Å². The van der Waals surface area contributed by atoms with Crippen molar-refractivity contribution in [2.24, 2.45) is 0 Å². The highest BCUT2D eigenvalue weighted by atomic mass is 32.1. The number of benzene rings is 2. The van der Waals surface area contributed by atoms with Crippen LogP contribution in [0.4, 0.5) is 5.13 Å². The molecule has 3 aromatic rings. The predicted octanol–water partition coefficient (Wildman–Crippen LogP) is 4.23. The Hall–Kier alpha value is -2.73. The van der Waals surface area contributed by atoms with E-state index in [9.17, 15) is 4.79 Å². The summed E-state index contributed by atoms with van der Waals surface area (Å²) >= 11 is 1.33. The number of ether oxygens (including phenoxy) is 1. The van der Waals surface area contributed by atoms with Crippen molar-refractivity contribution in [2.45, 2.75) is 26.9 Å². The van der Waals surface area contributed by atoms with Gasteiger partial charge >= 0.3 is 0 Å². The summed E-state index contributed by atoms with van der Waals surface area (Å²) in [6.07, 6.45) is -0.635. The molecule has 1 amide bonds. The lowest BCUT2D eigenvalue weighted by Crippen LogP contribution is -2.30. The quantitative estimate of drug-likeness (QED) is 0.745. The van der Waals surface area contributed by atoms with Gasteiger partial charge in [-0.2, -0.15) is 0 Å². The van der Waals surface area contributed by atoms with E-state index in [0.29, 0.717) is 10.9 Å². The number of hydrogen-bond donors (Lipinski definition) is 1. The van der Waals surface area contributed by atoms with Gasteiger partial charge < -0.3 is 4.74 Å². The van der Waals surface area contributed by atoms with E-state index in [4.69, 9.17) is 4.74 Å². The molecule has 6 heteroatoms. The van der Waals surface area contributed by atoms with E-state index in [0.717, 1.165) is 21.7 Å². The molecule has 0 aliphatic carbocycles. The number of carbonyl (C=O) groups is 1. The van der Waals surface area contributed by atoms with Crippen LogP contribution in [0.3, 0.4) is 0 Å². The van der Waals surface area contributed by atoms with E-state index in [1.165, 1.54) is 11.3 Å². The molecular formula is C19H19N3O2S. The molecule has 0 radical (unpaired) electrons. The molecular weight excluding hydrogens is 334 g/mol. The van der Waals surface area contributed by atoms with Gasteiger partial charge in [-0.25, -0.2) is 0 Å². The first-order valence-corrected chi connectivity index (χ1v) is 8.79. The van der Waals surface area contributed by atoms with E-state index in [1.54, 1.807) is 6.92 Å². The Morgan fingerprint density at radius 3 is 2.60 bits per heavy atom. The summed E-state index contributed by atoms with van der Waals surface area (Å²) in [4.78, 5) is 12.4. The minimum absolute atomic E-state index is 0.253. The predicted molar refractivity (Wildman–Crippen MR) is 100.0 cm³/mol. The van der Waals surface area contributed by atoms with Crippen LogP contribution in [-0.4, -0.2) is 22.2 Å². The average Bonchev–Trinajstić information content (AvgIpc) is 3.08. The minimum Gasteiger partial charge on any atom is -0.481 e. The number of amides is 1. The first kappa shape index (κ1) is 17.1. The van der Waals surface area contributed by atoms with Crippen LogP contribution in [0.2, 0.25) is 0 Å². The lowest BCUT2D eigenvalue weighted by Gasteiger charge is -2.16. The fourth-order valence-electron chi connectivity index (χ4n) is 2.27. The summed E-state index contributed by atoms with van der Waals surface area (Å²) in [6.45, 7) is 5.71. The molecule has 0 fully saturated rings. The largest absolute Gasteiger partial charge is 0.481 e. The number of nitrogens with zero attached hydrogens (tertiary/aromatic N) is 2. The molecule has 25 heavy (non-hydrogen) atoms. The van der Waals surface area contributed by atoms with Crippen LogP contribution in [0.25, 0.3) is 10.6 Å². The third-order valence-electron chi connectivity index (χ3n) is 3.90. The van der Waals surface area contributed by atoms with Crippen LogP contribution in [0.15, 0.2) is 48.5 Å². The zero-order valence-corrected chi connectivity index (χ0v) is 15.1. The Kier molecular flexibility index (Phi) is 5.09. The van der Waals surface area contributed by atoms with Crippen LogP contribution in [-0.2, 0) is 4.79 Å². The summed E-state index contributed by atoms with van der Waals surface area (Å²) in [6, 6.07) is 15.5. The summed E-state index contributed by atoms with van der Waals surface area (Å²) in [7, 11) is 0. The topological polar surface area (TPSA) is 64.1 Å². The molecule has 1 heterocycles. The second kappa shape index (κ2) is 7.44. The Balaban J connectivity index is 1.66. The molecule has 0 aliphatic heterocycles. The molecule has 0 spiro atoms. The van der Waals surface area contributed by atoms with E-state index in [2.05, 4.69) is 15.5 Å². The van der Waals surface area contributed by atoms with Gasteiger partial charge in [-0.15, -0.1) is 10.2 Å². The number of carbonyl (C=O) groups excluding carboxylic acids is 1. The zero-order chi connectivity index (χ0) is 17.8. The molecule has 128 valence electrons. The van der Waals surface area contributed by atoms with Gasteiger partial charge in [0.1, 0.15) is 10.8 Å². The van der Waals surface area contributed by atoms with Crippen LogP contribution in [0.1, 0.15) is 18.1 Å². The van der Waals surface area contributed by atoms with E-state index in [-0.39, 0.29) is 5.91 Å². The lowest BCUT2D eigenvalue weighted by molar-refractivity contribution is -0.122. The summed E-state index contributed by atoms with van der Waals surface area (Å²) in [5, 5.41) is 12.1. The van der Waals surface area contributed by atoms with E-state index in [1.807, 2.05) is 62.4 Å². The SMILES string of the molecule is Cc1cccc(OC(C)C(=O)Nc2nnc(-c3ccccc3)s2)c1C. The van der Waals surface area contributed by atoms with Crippen molar-refractivity contribution >= 4 is 22.4 Å². The third-order valence-corrected chi connectivity index (χ3v) is 4.79. The van der Waals surface area contributed by atoms with Crippen LogP contribution in [0.5, 0.6) is 5.75 Å². The zero-order valence-electron chi connectivity index (χ0n) is 14.3. The van der Waals surface area contributed by atoms with Crippen LogP contribution >= 0.6 is 11.3 Å². The van der Waals surface area contributed by atoms with Gasteiger partial charge in [0, 0.05) is 5.56 Å². The maximum Gasteiger partial charge on any atom is 0.266 e. The minimum atomic E-state index is -0.635. The highest BCUT2D eigenvalue weighted by Crippen LogP contribution is 2.26. The number of aryl methyl sites for hydroxylation is 1. The van der Waals surface area contributed by atoms with Gasteiger partial charge in [0.15, 0.2) is 6.10 Å². The molecule has 1 N–H and O–H groups in total. The fourth-order valence-corrected chi connectivity index (χ4v) is 3.03. The van der Waals surface area contributed by atoms with Crippen LogP contribution < -0.4 is 10.1 Å². The molecule has 1 atom stereocenters. The Morgan fingerprint density at radius 2 is 1.84 bits per heavy atom. The summed E-state index contributed by atoms with van der Waals surface area (Å²) in [5.74, 6) is 0.460. The van der Waals surface area contributed by atoms with Gasteiger partial charge in [-0.05, 0) is 38.0 Å². The first-order chi connectivity index (χ1) is 12.0. The van der Waals surface area contributed by atoms with Crippen molar-refractivity contribution in [1.82, 2.24) is 10.2 Å². The highest BCUT2D eigenvalue weighted by molar-refractivity contribution is 7.18. The molecule has 0 aliphatic rings. The number of hydrogen-bond acceptors (Lipinski definition) is 5. The van der Waals surface area contributed by atoms with Gasteiger partial charge in [-0.3, -0.25) is 10.1 Å². The second-order valence-corrected chi connectivity index (χ2v) is 6.70. The molecule has 3 rings (SSSR count). The van der Waals surface area contributed by atoms with Crippen molar-refractivity contribution < 1.29 is 9.53 Å².